The first-order chi connectivity index (χ1) is 11.1. The van der Waals surface area contributed by atoms with Gasteiger partial charge in [0.2, 0.25) is 5.91 Å². The Hall–Kier alpha value is -1.63. The van der Waals surface area contributed by atoms with Crippen molar-refractivity contribution < 1.29 is 4.79 Å². The number of aromatic nitrogens is 3. The quantitative estimate of drug-likeness (QED) is 0.845. The van der Waals surface area contributed by atoms with Gasteiger partial charge in [-0.15, -0.1) is 0 Å². The summed E-state index contributed by atoms with van der Waals surface area (Å²) in [5.41, 5.74) is 1.99. The fourth-order valence-electron chi connectivity index (χ4n) is 3.76. The molecular weight excluding hydrogens is 310 g/mol. The van der Waals surface area contributed by atoms with Crippen LogP contribution in [0.1, 0.15) is 31.4 Å². The predicted molar refractivity (Wildman–Crippen MR) is 91.9 cm³/mol. The highest BCUT2D eigenvalue weighted by molar-refractivity contribution is 7.22. The Morgan fingerprint density at radius 2 is 2.00 bits per heavy atom. The molecule has 2 aliphatic rings. The van der Waals surface area contributed by atoms with Crippen LogP contribution in [0.4, 0.5) is 5.13 Å². The lowest BCUT2D eigenvalue weighted by Crippen LogP contribution is -2.44. The number of anilines is 1. The van der Waals surface area contributed by atoms with Crippen LogP contribution in [0.15, 0.2) is 0 Å². The number of thiazole rings is 1. The molecule has 7 heteroatoms. The highest BCUT2D eigenvalue weighted by Crippen LogP contribution is 2.33. The van der Waals surface area contributed by atoms with E-state index in [1.807, 2.05) is 18.7 Å². The summed E-state index contributed by atoms with van der Waals surface area (Å²) in [6, 6.07) is 0. The number of likely N-dealkylation sites (tertiary alicyclic amines) is 1. The zero-order chi connectivity index (χ0) is 16.0. The third-order valence-electron chi connectivity index (χ3n) is 4.99. The minimum Gasteiger partial charge on any atom is -0.347 e. The van der Waals surface area contributed by atoms with Gasteiger partial charge in [0.25, 0.3) is 0 Å². The first kappa shape index (κ1) is 14.9. The van der Waals surface area contributed by atoms with E-state index < -0.39 is 0 Å². The summed E-state index contributed by atoms with van der Waals surface area (Å²) in [6.45, 7) is 5.72. The first-order valence-electron chi connectivity index (χ1n) is 8.47. The molecule has 2 aromatic rings. The molecule has 0 aromatic carbocycles. The minimum atomic E-state index is 0.132. The second-order valence-corrected chi connectivity index (χ2v) is 7.65. The smallest absolute Gasteiger partial charge is 0.227 e. The van der Waals surface area contributed by atoms with Crippen molar-refractivity contribution in [3.63, 3.8) is 0 Å². The highest BCUT2D eigenvalue weighted by Gasteiger charge is 2.31. The van der Waals surface area contributed by atoms with E-state index in [1.165, 1.54) is 0 Å². The summed E-state index contributed by atoms with van der Waals surface area (Å²) >= 11 is 1.70. The number of nitrogens with zero attached hydrogens (tertiary/aromatic N) is 5. The lowest BCUT2D eigenvalue weighted by Gasteiger charge is -2.33. The Balaban J connectivity index is 1.53. The van der Waals surface area contributed by atoms with Crippen molar-refractivity contribution in [1.82, 2.24) is 19.7 Å². The zero-order valence-electron chi connectivity index (χ0n) is 13.8. The Kier molecular flexibility index (Phi) is 3.75. The highest BCUT2D eigenvalue weighted by atomic mass is 32.1. The van der Waals surface area contributed by atoms with Crippen molar-refractivity contribution in [2.24, 2.45) is 13.0 Å². The molecule has 0 radical (unpaired) electrons. The number of hydrogen-bond donors (Lipinski definition) is 0. The number of hydrogen-bond acceptors (Lipinski definition) is 5. The average molecular weight is 333 g/mol. The molecule has 2 aliphatic heterocycles. The van der Waals surface area contributed by atoms with E-state index in [4.69, 9.17) is 4.98 Å². The molecule has 6 nitrogen and oxygen atoms in total. The minimum absolute atomic E-state index is 0.132. The van der Waals surface area contributed by atoms with Crippen LogP contribution >= 0.6 is 11.3 Å². The number of aryl methyl sites for hydroxylation is 2. The molecule has 0 saturated carbocycles. The maximum absolute atomic E-state index is 12.7. The lowest BCUT2D eigenvalue weighted by atomic mass is 9.97. The van der Waals surface area contributed by atoms with Gasteiger partial charge in [0, 0.05) is 33.2 Å². The summed E-state index contributed by atoms with van der Waals surface area (Å²) in [5, 5.41) is 5.45. The van der Waals surface area contributed by atoms with Gasteiger partial charge in [0.1, 0.15) is 0 Å². The van der Waals surface area contributed by atoms with Crippen LogP contribution in [0, 0.1) is 12.8 Å². The molecule has 4 heterocycles. The topological polar surface area (TPSA) is 54.3 Å². The maximum atomic E-state index is 12.7. The van der Waals surface area contributed by atoms with E-state index in [-0.39, 0.29) is 5.92 Å². The van der Waals surface area contributed by atoms with Gasteiger partial charge in [-0.05, 0) is 32.6 Å². The maximum Gasteiger partial charge on any atom is 0.227 e. The first-order valence-corrected chi connectivity index (χ1v) is 9.29. The van der Waals surface area contributed by atoms with Gasteiger partial charge < -0.3 is 9.80 Å². The van der Waals surface area contributed by atoms with Gasteiger partial charge in [0.15, 0.2) is 10.8 Å². The van der Waals surface area contributed by atoms with E-state index in [0.717, 1.165) is 73.0 Å². The monoisotopic (exact) mass is 333 g/mol. The van der Waals surface area contributed by atoms with Crippen LogP contribution in [-0.2, 0) is 11.8 Å². The number of carbonyl (C=O) groups excluding carboxylic acids is 1. The third-order valence-corrected chi connectivity index (χ3v) is 6.21. The molecule has 23 heavy (non-hydrogen) atoms. The van der Waals surface area contributed by atoms with Crippen molar-refractivity contribution in [1.29, 1.82) is 0 Å². The molecule has 2 aromatic heterocycles. The molecule has 0 bridgehead atoms. The molecule has 0 N–H and O–H groups in total. The molecule has 0 aliphatic carbocycles. The normalized spacial score (nSPS) is 22.3. The summed E-state index contributed by atoms with van der Waals surface area (Å²) < 4.78 is 3.01. The Morgan fingerprint density at radius 3 is 2.74 bits per heavy atom. The Morgan fingerprint density at radius 1 is 1.22 bits per heavy atom. The van der Waals surface area contributed by atoms with Crippen molar-refractivity contribution in [3.05, 3.63) is 5.69 Å². The van der Waals surface area contributed by atoms with Crippen LogP contribution in [0.25, 0.3) is 10.3 Å². The lowest BCUT2D eigenvalue weighted by molar-refractivity contribution is -0.134. The summed E-state index contributed by atoms with van der Waals surface area (Å²) in [4.78, 5) is 21.8. The van der Waals surface area contributed by atoms with Crippen LogP contribution in [0.5, 0.6) is 0 Å². The third kappa shape index (κ3) is 2.60. The molecule has 2 saturated heterocycles. The number of fused-ring (bicyclic) bond motifs is 1. The van der Waals surface area contributed by atoms with Crippen molar-refractivity contribution in [2.75, 3.05) is 31.1 Å². The van der Waals surface area contributed by atoms with Gasteiger partial charge >= 0.3 is 0 Å². The van der Waals surface area contributed by atoms with E-state index in [9.17, 15) is 4.79 Å². The molecule has 0 spiro atoms. The predicted octanol–water partition coefficient (Wildman–Crippen LogP) is 2.18. The van der Waals surface area contributed by atoms with E-state index in [1.54, 1.807) is 11.3 Å². The number of rotatable bonds is 2. The Labute approximate surface area is 140 Å². The molecule has 1 atom stereocenters. The second-order valence-electron chi connectivity index (χ2n) is 6.68. The molecule has 1 amide bonds. The average Bonchev–Trinajstić information content (AvgIpc) is 3.27. The van der Waals surface area contributed by atoms with Crippen LogP contribution in [0.3, 0.4) is 0 Å². The van der Waals surface area contributed by atoms with Gasteiger partial charge in [0.05, 0.1) is 16.3 Å². The van der Waals surface area contributed by atoms with E-state index in [2.05, 4.69) is 14.9 Å². The molecular formula is C16H23N5OS. The van der Waals surface area contributed by atoms with Gasteiger partial charge in [-0.1, -0.05) is 11.3 Å². The van der Waals surface area contributed by atoms with Crippen molar-refractivity contribution in [3.8, 4) is 0 Å². The fourth-order valence-corrected chi connectivity index (χ4v) is 4.82. The molecule has 0 unspecified atom stereocenters. The van der Waals surface area contributed by atoms with Gasteiger partial charge in [-0.2, -0.15) is 5.10 Å². The molecule has 2 fully saturated rings. The summed E-state index contributed by atoms with van der Waals surface area (Å²) in [5.74, 6) is 0.485. The number of piperidine rings is 1. The van der Waals surface area contributed by atoms with Crippen LogP contribution in [-0.4, -0.2) is 51.8 Å². The molecule has 124 valence electrons. The fraction of sp³-hybridized carbons (Fsp3) is 0.688. The number of carbonyl (C=O) groups is 1. The Bertz CT molecular complexity index is 696. The molecule has 4 rings (SSSR count). The largest absolute Gasteiger partial charge is 0.347 e. The second kappa shape index (κ2) is 5.78. The van der Waals surface area contributed by atoms with Gasteiger partial charge in [-0.3, -0.25) is 4.79 Å². The zero-order valence-corrected chi connectivity index (χ0v) is 14.6. The summed E-state index contributed by atoms with van der Waals surface area (Å²) in [6.07, 6.45) is 4.40. The van der Waals surface area contributed by atoms with Crippen molar-refractivity contribution in [2.45, 2.75) is 32.6 Å². The standard InChI is InChI=1S/C16H23N5OS/c1-11-13-14(19(2)18-11)17-16(23-13)21-9-5-6-12(10-21)15(22)20-7-3-4-8-20/h12H,3-10H2,1-2H3/t12-/m1/s1. The number of amides is 1. The van der Waals surface area contributed by atoms with E-state index >= 15 is 0 Å². The van der Waals surface area contributed by atoms with Crippen LogP contribution in [0.2, 0.25) is 0 Å². The van der Waals surface area contributed by atoms with Gasteiger partial charge in [-0.25, -0.2) is 9.67 Å². The van der Waals surface area contributed by atoms with E-state index in [0.29, 0.717) is 5.91 Å². The summed E-state index contributed by atoms with van der Waals surface area (Å²) in [7, 11) is 1.94. The van der Waals surface area contributed by atoms with Crippen molar-refractivity contribution >= 4 is 32.7 Å². The van der Waals surface area contributed by atoms with Crippen LogP contribution < -0.4 is 4.90 Å². The SMILES string of the molecule is Cc1nn(C)c2nc(N3CCC[C@@H](C(=O)N4CCCC4)C3)sc12.